The summed E-state index contributed by atoms with van der Waals surface area (Å²) in [4.78, 5) is 0.320. The van der Waals surface area contributed by atoms with Gasteiger partial charge in [0.15, 0.2) is 0 Å². The van der Waals surface area contributed by atoms with E-state index in [1.54, 1.807) is 29.6 Å². The second-order valence-corrected chi connectivity index (χ2v) is 10.3. The third kappa shape index (κ3) is 4.43. The Morgan fingerprint density at radius 2 is 1.79 bits per heavy atom. The van der Waals surface area contributed by atoms with E-state index in [2.05, 4.69) is 20.8 Å². The van der Waals surface area contributed by atoms with Crippen molar-refractivity contribution in [1.29, 1.82) is 0 Å². The first kappa shape index (κ1) is 21.7. The monoisotopic (exact) mass is 417 g/mol. The Morgan fingerprint density at radius 3 is 2.38 bits per heavy atom. The van der Waals surface area contributed by atoms with Crippen molar-refractivity contribution >= 4 is 10.0 Å². The van der Waals surface area contributed by atoms with Crippen LogP contribution in [-0.2, 0) is 15.4 Å². The van der Waals surface area contributed by atoms with E-state index in [9.17, 15) is 8.42 Å². The number of nitrogens with zero attached hydrogens (tertiary/aromatic N) is 1. The van der Waals surface area contributed by atoms with Crippen LogP contribution in [0.1, 0.15) is 57.7 Å². The first-order chi connectivity index (χ1) is 13.7. The van der Waals surface area contributed by atoms with E-state index in [4.69, 9.17) is 9.47 Å². The van der Waals surface area contributed by atoms with Gasteiger partial charge in [-0.15, -0.1) is 0 Å². The SMILES string of the molecule is CCOc1ccc(C2CCCN2S(=O)(=O)c2ccc(OC)c(C(C)(C)C)c2)cc1. The first-order valence-electron chi connectivity index (χ1n) is 10.1. The Labute approximate surface area is 174 Å². The van der Waals surface area contributed by atoms with Crippen molar-refractivity contribution in [3.63, 3.8) is 0 Å². The van der Waals surface area contributed by atoms with Crippen molar-refractivity contribution in [3.05, 3.63) is 53.6 Å². The van der Waals surface area contributed by atoms with E-state index in [1.165, 1.54) is 0 Å². The molecule has 2 aromatic carbocycles. The van der Waals surface area contributed by atoms with Gasteiger partial charge >= 0.3 is 0 Å². The quantitative estimate of drug-likeness (QED) is 0.670. The third-order valence-electron chi connectivity index (χ3n) is 5.37. The van der Waals surface area contributed by atoms with Crippen LogP contribution in [0.5, 0.6) is 11.5 Å². The minimum Gasteiger partial charge on any atom is -0.496 e. The Morgan fingerprint density at radius 1 is 1.10 bits per heavy atom. The van der Waals surface area contributed by atoms with Crippen LogP contribution < -0.4 is 9.47 Å². The number of rotatable bonds is 6. The van der Waals surface area contributed by atoms with Gasteiger partial charge in [0, 0.05) is 12.1 Å². The lowest BCUT2D eigenvalue weighted by molar-refractivity contribution is 0.339. The molecule has 0 amide bonds. The average Bonchev–Trinajstić information content (AvgIpc) is 3.18. The van der Waals surface area contributed by atoms with Crippen LogP contribution in [0.4, 0.5) is 0 Å². The second kappa shape index (κ2) is 8.36. The molecule has 1 fully saturated rings. The predicted molar refractivity (Wildman–Crippen MR) is 115 cm³/mol. The van der Waals surface area contributed by atoms with Crippen LogP contribution >= 0.6 is 0 Å². The number of methoxy groups -OCH3 is 1. The van der Waals surface area contributed by atoms with Gasteiger partial charge in [-0.3, -0.25) is 0 Å². The second-order valence-electron chi connectivity index (χ2n) is 8.39. The molecule has 1 heterocycles. The number of hydrogen-bond donors (Lipinski definition) is 0. The van der Waals surface area contributed by atoms with Gasteiger partial charge in [-0.1, -0.05) is 32.9 Å². The molecule has 0 spiro atoms. The van der Waals surface area contributed by atoms with Crippen LogP contribution in [0.25, 0.3) is 0 Å². The maximum Gasteiger partial charge on any atom is 0.243 e. The van der Waals surface area contributed by atoms with Gasteiger partial charge < -0.3 is 9.47 Å². The molecule has 29 heavy (non-hydrogen) atoms. The Hall–Kier alpha value is -2.05. The molecule has 0 saturated carbocycles. The summed E-state index contributed by atoms with van der Waals surface area (Å²) >= 11 is 0. The molecule has 1 saturated heterocycles. The molecule has 1 atom stereocenters. The smallest absolute Gasteiger partial charge is 0.243 e. The van der Waals surface area contributed by atoms with Crippen LogP contribution in [-0.4, -0.2) is 33.0 Å². The lowest BCUT2D eigenvalue weighted by atomic mass is 9.86. The van der Waals surface area contributed by atoms with Crippen molar-refractivity contribution in [2.45, 2.75) is 56.9 Å². The van der Waals surface area contributed by atoms with Crippen molar-refractivity contribution in [2.24, 2.45) is 0 Å². The van der Waals surface area contributed by atoms with E-state index in [-0.39, 0.29) is 11.5 Å². The topological polar surface area (TPSA) is 55.8 Å². The van der Waals surface area contributed by atoms with E-state index in [0.717, 1.165) is 29.7 Å². The summed E-state index contributed by atoms with van der Waals surface area (Å²) in [5, 5.41) is 0. The fourth-order valence-corrected chi connectivity index (χ4v) is 5.59. The normalized spacial score (nSPS) is 18.0. The molecule has 0 radical (unpaired) electrons. The molecule has 3 rings (SSSR count). The summed E-state index contributed by atoms with van der Waals surface area (Å²) in [6, 6.07) is 12.8. The Balaban J connectivity index is 1.96. The maximum absolute atomic E-state index is 13.5. The zero-order valence-corrected chi connectivity index (χ0v) is 18.8. The highest BCUT2D eigenvalue weighted by molar-refractivity contribution is 7.89. The summed E-state index contributed by atoms with van der Waals surface area (Å²) in [7, 11) is -2.01. The molecular weight excluding hydrogens is 386 g/mol. The van der Waals surface area contributed by atoms with Gasteiger partial charge in [0.25, 0.3) is 0 Å². The molecule has 1 aliphatic rings. The lowest BCUT2D eigenvalue weighted by Crippen LogP contribution is -2.31. The molecule has 0 aliphatic carbocycles. The van der Waals surface area contributed by atoms with E-state index >= 15 is 0 Å². The molecule has 0 bridgehead atoms. The standard InChI is InChI=1S/C23H31NO4S/c1-6-28-18-11-9-17(10-12-18)21-8-7-15-24(21)29(25,26)19-13-14-22(27-5)20(16-19)23(2,3)4/h9-14,16,21H,6-8,15H2,1-5H3. The molecular formula is C23H31NO4S. The molecule has 5 nitrogen and oxygen atoms in total. The molecule has 0 aromatic heterocycles. The van der Waals surface area contributed by atoms with E-state index < -0.39 is 10.0 Å². The molecule has 158 valence electrons. The number of hydrogen-bond acceptors (Lipinski definition) is 4. The zero-order chi connectivity index (χ0) is 21.2. The number of ether oxygens (including phenoxy) is 2. The fraction of sp³-hybridized carbons (Fsp3) is 0.478. The molecule has 6 heteroatoms. The minimum absolute atomic E-state index is 0.157. The summed E-state index contributed by atoms with van der Waals surface area (Å²) in [5.41, 5.74) is 1.66. The molecule has 1 aliphatic heterocycles. The summed E-state index contributed by atoms with van der Waals surface area (Å²) < 4.78 is 39.7. The highest BCUT2D eigenvalue weighted by Crippen LogP contribution is 2.39. The summed E-state index contributed by atoms with van der Waals surface area (Å²) in [6.07, 6.45) is 1.66. The van der Waals surface area contributed by atoms with Gasteiger partial charge in [0.05, 0.1) is 24.7 Å². The maximum atomic E-state index is 13.5. The third-order valence-corrected chi connectivity index (χ3v) is 7.27. The summed E-state index contributed by atoms with van der Waals surface area (Å²) in [5.74, 6) is 1.51. The highest BCUT2D eigenvalue weighted by atomic mass is 32.2. The highest BCUT2D eigenvalue weighted by Gasteiger charge is 2.37. The molecule has 0 N–H and O–H groups in total. The first-order valence-corrected chi connectivity index (χ1v) is 11.6. The fourth-order valence-electron chi connectivity index (χ4n) is 3.88. The van der Waals surface area contributed by atoms with Crippen molar-refractivity contribution in [1.82, 2.24) is 4.31 Å². The zero-order valence-electron chi connectivity index (χ0n) is 17.9. The minimum atomic E-state index is -3.62. The average molecular weight is 418 g/mol. The largest absolute Gasteiger partial charge is 0.496 e. The lowest BCUT2D eigenvalue weighted by Gasteiger charge is -2.27. The van der Waals surface area contributed by atoms with Gasteiger partial charge in [0.1, 0.15) is 11.5 Å². The molecule has 1 unspecified atom stereocenters. The van der Waals surface area contributed by atoms with Crippen LogP contribution in [0, 0.1) is 0 Å². The van der Waals surface area contributed by atoms with Gasteiger partial charge in [-0.25, -0.2) is 8.42 Å². The van der Waals surface area contributed by atoms with Crippen molar-refractivity contribution in [2.75, 3.05) is 20.3 Å². The van der Waals surface area contributed by atoms with Gasteiger partial charge in [-0.05, 0) is 61.1 Å². The van der Waals surface area contributed by atoms with Crippen LogP contribution in [0.2, 0.25) is 0 Å². The molecule has 2 aromatic rings. The van der Waals surface area contributed by atoms with Gasteiger partial charge in [-0.2, -0.15) is 4.31 Å². The van der Waals surface area contributed by atoms with Crippen LogP contribution in [0.3, 0.4) is 0 Å². The Kier molecular flexibility index (Phi) is 6.24. The van der Waals surface area contributed by atoms with Crippen molar-refractivity contribution < 1.29 is 17.9 Å². The predicted octanol–water partition coefficient (Wildman–Crippen LogP) is 4.92. The Bertz CT molecular complexity index is 946. The van der Waals surface area contributed by atoms with E-state index in [0.29, 0.717) is 23.8 Å². The van der Waals surface area contributed by atoms with Gasteiger partial charge in [0.2, 0.25) is 10.0 Å². The summed E-state index contributed by atoms with van der Waals surface area (Å²) in [6.45, 7) is 9.24. The number of sulfonamides is 1. The van der Waals surface area contributed by atoms with E-state index in [1.807, 2.05) is 31.2 Å². The number of benzene rings is 2. The van der Waals surface area contributed by atoms with Crippen molar-refractivity contribution in [3.8, 4) is 11.5 Å². The van der Waals surface area contributed by atoms with Crippen LogP contribution in [0.15, 0.2) is 47.4 Å².